The number of amides is 1. The summed E-state index contributed by atoms with van der Waals surface area (Å²) in [4.78, 5) is 11.8. The van der Waals surface area contributed by atoms with Crippen LogP contribution in [0.3, 0.4) is 0 Å². The first-order valence-electron chi connectivity index (χ1n) is 4.57. The normalized spacial score (nSPS) is 10.6. The van der Waals surface area contributed by atoms with Gasteiger partial charge in [-0.3, -0.25) is 4.79 Å². The van der Waals surface area contributed by atoms with E-state index in [4.69, 9.17) is 6.42 Å². The third-order valence-electron chi connectivity index (χ3n) is 1.96. The van der Waals surface area contributed by atoms with Crippen LogP contribution in [0.25, 0.3) is 0 Å². The van der Waals surface area contributed by atoms with E-state index in [1.807, 2.05) is 0 Å². The summed E-state index contributed by atoms with van der Waals surface area (Å²) in [6.07, 6.45) is 6.10. The largest absolute Gasteiger partial charge is 0.341 e. The zero-order valence-electron chi connectivity index (χ0n) is 9.03. The van der Waals surface area contributed by atoms with Crippen molar-refractivity contribution in [1.82, 2.24) is 5.32 Å². The maximum atomic E-state index is 11.7. The van der Waals surface area contributed by atoms with Crippen LogP contribution < -0.4 is 5.32 Å². The Hall–Kier alpha value is -1.32. The summed E-state index contributed by atoms with van der Waals surface area (Å²) in [6.45, 7) is 0.0916. The van der Waals surface area contributed by atoms with Gasteiger partial charge in [0.15, 0.2) is 9.84 Å². The van der Waals surface area contributed by atoms with E-state index in [0.717, 1.165) is 6.26 Å². The molecule has 0 aliphatic rings. The van der Waals surface area contributed by atoms with E-state index in [1.54, 1.807) is 0 Å². The van der Waals surface area contributed by atoms with Crippen molar-refractivity contribution in [3.8, 4) is 12.3 Å². The zero-order valence-corrected chi connectivity index (χ0v) is 11.4. The first-order valence-corrected chi connectivity index (χ1v) is 7.26. The van der Waals surface area contributed by atoms with Crippen molar-refractivity contribution < 1.29 is 13.2 Å². The Balaban J connectivity index is 3.16. The quantitative estimate of drug-likeness (QED) is 0.853. The summed E-state index contributed by atoms with van der Waals surface area (Å²) in [6, 6.07) is 4.25. The van der Waals surface area contributed by atoms with Gasteiger partial charge in [-0.15, -0.1) is 6.42 Å². The second kappa shape index (κ2) is 5.34. The molecule has 0 aliphatic carbocycles. The van der Waals surface area contributed by atoms with Crippen molar-refractivity contribution in [3.63, 3.8) is 0 Å². The summed E-state index contributed by atoms with van der Waals surface area (Å²) in [5.41, 5.74) is 0.239. The van der Waals surface area contributed by atoms with Crippen LogP contribution in [0.1, 0.15) is 10.4 Å². The van der Waals surface area contributed by atoms with Crippen molar-refractivity contribution >= 4 is 31.7 Å². The number of carbonyl (C=O) groups is 1. The monoisotopic (exact) mass is 315 g/mol. The minimum absolute atomic E-state index is 0.0894. The van der Waals surface area contributed by atoms with E-state index in [-0.39, 0.29) is 17.0 Å². The lowest BCUT2D eigenvalue weighted by Gasteiger charge is -2.06. The number of sulfone groups is 1. The van der Waals surface area contributed by atoms with Crippen LogP contribution in [0, 0.1) is 12.3 Å². The number of hydrogen-bond acceptors (Lipinski definition) is 3. The molecule has 0 saturated carbocycles. The van der Waals surface area contributed by atoms with E-state index in [0.29, 0.717) is 4.47 Å². The lowest BCUT2D eigenvalue weighted by Crippen LogP contribution is -2.24. The first kappa shape index (κ1) is 13.7. The van der Waals surface area contributed by atoms with Gasteiger partial charge in [0.2, 0.25) is 0 Å². The average molecular weight is 316 g/mol. The van der Waals surface area contributed by atoms with Crippen LogP contribution in [-0.4, -0.2) is 27.1 Å². The lowest BCUT2D eigenvalue weighted by atomic mass is 10.2. The Morgan fingerprint density at radius 2 is 2.18 bits per heavy atom. The summed E-state index contributed by atoms with van der Waals surface area (Å²) in [5.74, 6) is 1.85. The SMILES string of the molecule is C#CCNC(=O)c1cc(S(C)(=O)=O)ccc1Br. The van der Waals surface area contributed by atoms with Crippen LogP contribution in [0.15, 0.2) is 27.6 Å². The van der Waals surface area contributed by atoms with Gasteiger partial charge >= 0.3 is 0 Å². The molecule has 1 rings (SSSR count). The van der Waals surface area contributed by atoms with Gasteiger partial charge in [-0.2, -0.15) is 0 Å². The van der Waals surface area contributed by atoms with Gasteiger partial charge in [0.1, 0.15) is 0 Å². The van der Waals surface area contributed by atoms with Crippen molar-refractivity contribution in [2.75, 3.05) is 12.8 Å². The molecule has 0 heterocycles. The molecule has 1 aromatic rings. The van der Waals surface area contributed by atoms with Gasteiger partial charge in [-0.05, 0) is 34.1 Å². The fourth-order valence-electron chi connectivity index (χ4n) is 1.14. The van der Waals surface area contributed by atoms with Crippen LogP contribution >= 0.6 is 15.9 Å². The van der Waals surface area contributed by atoms with Gasteiger partial charge in [0.05, 0.1) is 17.0 Å². The number of hydrogen-bond donors (Lipinski definition) is 1. The highest BCUT2D eigenvalue weighted by Gasteiger charge is 2.14. The molecule has 0 radical (unpaired) electrons. The molecule has 0 bridgehead atoms. The Kier molecular flexibility index (Phi) is 4.32. The van der Waals surface area contributed by atoms with E-state index < -0.39 is 15.7 Å². The maximum Gasteiger partial charge on any atom is 0.253 e. The molecule has 0 unspecified atom stereocenters. The predicted molar refractivity (Wildman–Crippen MR) is 68.4 cm³/mol. The second-order valence-electron chi connectivity index (χ2n) is 3.30. The van der Waals surface area contributed by atoms with Gasteiger partial charge < -0.3 is 5.32 Å². The van der Waals surface area contributed by atoms with E-state index in [2.05, 4.69) is 27.2 Å². The van der Waals surface area contributed by atoms with Crippen molar-refractivity contribution in [3.05, 3.63) is 28.2 Å². The maximum absolute atomic E-state index is 11.7. The number of nitrogens with one attached hydrogen (secondary N) is 1. The summed E-state index contributed by atoms with van der Waals surface area (Å²) in [7, 11) is -3.34. The highest BCUT2D eigenvalue weighted by atomic mass is 79.9. The fourth-order valence-corrected chi connectivity index (χ4v) is 2.21. The minimum atomic E-state index is -3.34. The molecule has 0 atom stereocenters. The predicted octanol–water partition coefficient (Wildman–Crippen LogP) is 1.22. The lowest BCUT2D eigenvalue weighted by molar-refractivity contribution is 0.0957. The van der Waals surface area contributed by atoms with Gasteiger partial charge in [0.25, 0.3) is 5.91 Å². The summed E-state index contributed by atoms with van der Waals surface area (Å²) < 4.78 is 23.2. The second-order valence-corrected chi connectivity index (χ2v) is 6.17. The van der Waals surface area contributed by atoms with Crippen molar-refractivity contribution in [1.29, 1.82) is 0 Å². The molecule has 6 heteroatoms. The van der Waals surface area contributed by atoms with E-state index in [1.165, 1.54) is 18.2 Å². The van der Waals surface area contributed by atoms with Crippen molar-refractivity contribution in [2.24, 2.45) is 0 Å². The molecule has 0 fully saturated rings. The summed E-state index contributed by atoms with van der Waals surface area (Å²) >= 11 is 3.18. The molecule has 4 nitrogen and oxygen atoms in total. The Bertz CT molecular complexity index is 587. The van der Waals surface area contributed by atoms with Crippen LogP contribution in [0.5, 0.6) is 0 Å². The highest BCUT2D eigenvalue weighted by molar-refractivity contribution is 9.10. The fraction of sp³-hybridized carbons (Fsp3) is 0.182. The Morgan fingerprint density at radius 1 is 1.53 bits per heavy atom. The molecule has 90 valence electrons. The average Bonchev–Trinajstić information content (AvgIpc) is 2.24. The molecule has 0 aromatic heterocycles. The number of halogens is 1. The van der Waals surface area contributed by atoms with Gasteiger partial charge in [0, 0.05) is 10.7 Å². The standard InChI is InChI=1S/C11H10BrNO3S/c1-3-6-13-11(14)9-7-8(17(2,15)16)4-5-10(9)12/h1,4-5,7H,6H2,2H3,(H,13,14). The third-order valence-corrected chi connectivity index (χ3v) is 3.76. The molecule has 1 amide bonds. The number of rotatable bonds is 3. The summed E-state index contributed by atoms with van der Waals surface area (Å²) in [5, 5.41) is 2.47. The van der Waals surface area contributed by atoms with Crippen LogP contribution in [0.2, 0.25) is 0 Å². The number of benzene rings is 1. The minimum Gasteiger partial charge on any atom is -0.341 e. The molecule has 0 spiro atoms. The zero-order chi connectivity index (χ0) is 13.1. The molecule has 0 aliphatic heterocycles. The number of terminal acetylenes is 1. The Labute approximate surface area is 108 Å². The smallest absolute Gasteiger partial charge is 0.253 e. The molecular weight excluding hydrogens is 306 g/mol. The van der Waals surface area contributed by atoms with Gasteiger partial charge in [-0.25, -0.2) is 8.42 Å². The molecule has 0 saturated heterocycles. The molecule has 1 N–H and O–H groups in total. The van der Waals surface area contributed by atoms with E-state index >= 15 is 0 Å². The highest BCUT2D eigenvalue weighted by Crippen LogP contribution is 2.20. The first-order chi connectivity index (χ1) is 7.86. The van der Waals surface area contributed by atoms with Gasteiger partial charge in [-0.1, -0.05) is 5.92 Å². The van der Waals surface area contributed by atoms with Crippen LogP contribution in [-0.2, 0) is 9.84 Å². The third kappa shape index (κ3) is 3.58. The molecule has 17 heavy (non-hydrogen) atoms. The van der Waals surface area contributed by atoms with Crippen LogP contribution in [0.4, 0.5) is 0 Å². The van der Waals surface area contributed by atoms with Crippen molar-refractivity contribution in [2.45, 2.75) is 4.90 Å². The Morgan fingerprint density at radius 3 is 2.71 bits per heavy atom. The number of carbonyl (C=O) groups excluding carboxylic acids is 1. The van der Waals surface area contributed by atoms with E-state index in [9.17, 15) is 13.2 Å². The molecular formula is C11H10BrNO3S. The molecule has 1 aromatic carbocycles. The topological polar surface area (TPSA) is 63.2 Å².